The van der Waals surface area contributed by atoms with Gasteiger partial charge < -0.3 is 9.64 Å². The number of anilines is 1. The highest BCUT2D eigenvalue weighted by molar-refractivity contribution is 5.68. The Labute approximate surface area is 131 Å². The third kappa shape index (κ3) is 1.92. The van der Waals surface area contributed by atoms with Crippen molar-refractivity contribution < 1.29 is 4.74 Å². The molecular formula is C19H22N2O. The van der Waals surface area contributed by atoms with Crippen molar-refractivity contribution in [2.75, 3.05) is 24.6 Å². The molecule has 3 heteroatoms. The molecule has 2 aliphatic heterocycles. The van der Waals surface area contributed by atoms with E-state index in [0.717, 1.165) is 25.4 Å². The number of benzene rings is 1. The molecule has 3 nitrogen and oxygen atoms in total. The Balaban J connectivity index is 1.74. The first-order valence-electron chi connectivity index (χ1n) is 8.27. The van der Waals surface area contributed by atoms with Crippen molar-refractivity contribution >= 4 is 5.69 Å². The van der Waals surface area contributed by atoms with Gasteiger partial charge in [0.25, 0.3) is 0 Å². The predicted octanol–water partition coefficient (Wildman–Crippen LogP) is 3.77. The van der Waals surface area contributed by atoms with Gasteiger partial charge in [-0.25, -0.2) is 0 Å². The van der Waals surface area contributed by atoms with E-state index in [2.05, 4.69) is 41.1 Å². The molecule has 0 bridgehead atoms. The lowest BCUT2D eigenvalue weighted by atomic mass is 9.78. The standard InChI is InChI=1S/C19H22N2O/c1-2-3-6-11-21-13-19(15-7-4-5-8-17(15)21)14-22-18-9-10-20-12-16(18)19/h4-5,7-10,12H,2-3,6,11,13-14H2,1H3. The minimum atomic E-state index is -0.0353. The van der Waals surface area contributed by atoms with E-state index in [1.807, 2.05) is 18.5 Å². The normalized spacial score (nSPS) is 21.8. The summed E-state index contributed by atoms with van der Waals surface area (Å²) in [6.45, 7) is 5.12. The van der Waals surface area contributed by atoms with Gasteiger partial charge in [-0.15, -0.1) is 0 Å². The average Bonchev–Trinajstić information content (AvgIpc) is 3.09. The van der Waals surface area contributed by atoms with Crippen LogP contribution in [0.5, 0.6) is 5.75 Å². The number of hydrogen-bond donors (Lipinski definition) is 0. The van der Waals surface area contributed by atoms with Gasteiger partial charge in [0.1, 0.15) is 12.4 Å². The molecule has 0 radical (unpaired) electrons. The lowest BCUT2D eigenvalue weighted by molar-refractivity contribution is 0.299. The zero-order valence-electron chi connectivity index (χ0n) is 13.1. The van der Waals surface area contributed by atoms with Crippen LogP contribution in [0.1, 0.15) is 37.3 Å². The van der Waals surface area contributed by atoms with E-state index in [9.17, 15) is 0 Å². The monoisotopic (exact) mass is 294 g/mol. The highest BCUT2D eigenvalue weighted by atomic mass is 16.5. The number of nitrogens with zero attached hydrogens (tertiary/aromatic N) is 2. The molecule has 0 fully saturated rings. The van der Waals surface area contributed by atoms with E-state index in [4.69, 9.17) is 4.74 Å². The molecule has 0 saturated heterocycles. The minimum absolute atomic E-state index is 0.0353. The molecule has 1 aromatic carbocycles. The predicted molar refractivity (Wildman–Crippen MR) is 88.7 cm³/mol. The SMILES string of the molecule is CCCCCN1CC2(COc3ccncc32)c2ccccc21. The largest absolute Gasteiger partial charge is 0.492 e. The Hall–Kier alpha value is -2.03. The van der Waals surface area contributed by atoms with E-state index < -0.39 is 0 Å². The second-order valence-electron chi connectivity index (χ2n) is 6.39. The van der Waals surface area contributed by atoms with E-state index in [0.29, 0.717) is 0 Å². The summed E-state index contributed by atoms with van der Waals surface area (Å²) >= 11 is 0. The second-order valence-corrected chi connectivity index (χ2v) is 6.39. The summed E-state index contributed by atoms with van der Waals surface area (Å²) in [5.41, 5.74) is 3.99. The summed E-state index contributed by atoms with van der Waals surface area (Å²) in [6.07, 6.45) is 7.62. The van der Waals surface area contributed by atoms with Gasteiger partial charge in [-0.05, 0) is 24.1 Å². The van der Waals surface area contributed by atoms with Gasteiger partial charge in [-0.1, -0.05) is 38.0 Å². The summed E-state index contributed by atoms with van der Waals surface area (Å²) in [6, 6.07) is 10.8. The molecule has 22 heavy (non-hydrogen) atoms. The molecule has 1 aromatic heterocycles. The topological polar surface area (TPSA) is 25.4 Å². The maximum Gasteiger partial charge on any atom is 0.126 e. The zero-order chi connectivity index (χ0) is 15.0. The number of fused-ring (bicyclic) bond motifs is 4. The van der Waals surface area contributed by atoms with Gasteiger partial charge in [0, 0.05) is 36.7 Å². The molecule has 2 aliphatic rings. The molecule has 0 aliphatic carbocycles. The van der Waals surface area contributed by atoms with Crippen molar-refractivity contribution in [1.82, 2.24) is 4.98 Å². The highest BCUT2D eigenvalue weighted by Crippen LogP contribution is 2.50. The van der Waals surface area contributed by atoms with Crippen LogP contribution in [-0.4, -0.2) is 24.7 Å². The molecule has 0 amide bonds. The molecule has 1 atom stereocenters. The van der Waals surface area contributed by atoms with E-state index in [1.165, 1.54) is 36.1 Å². The molecule has 4 rings (SSSR count). The van der Waals surface area contributed by atoms with E-state index in [-0.39, 0.29) is 5.41 Å². The molecule has 2 aromatic rings. The fourth-order valence-corrected chi connectivity index (χ4v) is 3.90. The maximum atomic E-state index is 6.00. The van der Waals surface area contributed by atoms with Gasteiger partial charge in [-0.2, -0.15) is 0 Å². The number of hydrogen-bond acceptors (Lipinski definition) is 3. The summed E-state index contributed by atoms with van der Waals surface area (Å²) in [7, 11) is 0. The van der Waals surface area contributed by atoms with Crippen LogP contribution in [0.25, 0.3) is 0 Å². The quantitative estimate of drug-likeness (QED) is 0.803. The van der Waals surface area contributed by atoms with Gasteiger partial charge in [0.2, 0.25) is 0 Å². The Kier molecular flexibility index (Phi) is 3.29. The molecule has 0 saturated carbocycles. The van der Waals surface area contributed by atoms with Crippen LogP contribution in [0.2, 0.25) is 0 Å². The number of ether oxygens (including phenoxy) is 1. The second kappa shape index (κ2) is 5.31. The summed E-state index contributed by atoms with van der Waals surface area (Å²) in [5.74, 6) is 1.00. The third-order valence-corrected chi connectivity index (χ3v) is 5.02. The van der Waals surface area contributed by atoms with Gasteiger partial charge in [-0.3, -0.25) is 4.98 Å². The van der Waals surface area contributed by atoms with Crippen LogP contribution < -0.4 is 9.64 Å². The lowest BCUT2D eigenvalue weighted by Crippen LogP contribution is -2.36. The molecule has 3 heterocycles. The van der Waals surface area contributed by atoms with Crippen molar-refractivity contribution in [3.8, 4) is 5.75 Å². The summed E-state index contributed by atoms with van der Waals surface area (Å²) in [5, 5.41) is 0. The van der Waals surface area contributed by atoms with Crippen LogP contribution in [0.15, 0.2) is 42.7 Å². The molecule has 1 spiro atoms. The number of rotatable bonds is 4. The summed E-state index contributed by atoms with van der Waals surface area (Å²) in [4.78, 5) is 6.89. The van der Waals surface area contributed by atoms with Gasteiger partial charge >= 0.3 is 0 Å². The number of unbranched alkanes of at least 4 members (excludes halogenated alkanes) is 2. The zero-order valence-corrected chi connectivity index (χ0v) is 13.1. The summed E-state index contributed by atoms with van der Waals surface area (Å²) < 4.78 is 6.00. The Bertz CT molecular complexity index is 685. The first-order valence-corrected chi connectivity index (χ1v) is 8.27. The smallest absolute Gasteiger partial charge is 0.126 e. The van der Waals surface area contributed by atoms with Crippen LogP contribution >= 0.6 is 0 Å². The van der Waals surface area contributed by atoms with Crippen molar-refractivity contribution in [2.24, 2.45) is 0 Å². The van der Waals surface area contributed by atoms with Crippen LogP contribution in [0.3, 0.4) is 0 Å². The molecule has 0 N–H and O–H groups in total. The minimum Gasteiger partial charge on any atom is -0.492 e. The lowest BCUT2D eigenvalue weighted by Gasteiger charge is -2.24. The number of pyridine rings is 1. The van der Waals surface area contributed by atoms with Gasteiger partial charge in [0.15, 0.2) is 0 Å². The van der Waals surface area contributed by atoms with Crippen LogP contribution in [-0.2, 0) is 5.41 Å². The number of para-hydroxylation sites is 1. The van der Waals surface area contributed by atoms with E-state index in [1.54, 1.807) is 0 Å². The fraction of sp³-hybridized carbons (Fsp3) is 0.421. The Morgan fingerprint density at radius 2 is 2.09 bits per heavy atom. The number of aromatic nitrogens is 1. The first kappa shape index (κ1) is 13.6. The van der Waals surface area contributed by atoms with Crippen molar-refractivity contribution in [3.05, 3.63) is 53.9 Å². The maximum absolute atomic E-state index is 6.00. The van der Waals surface area contributed by atoms with Crippen molar-refractivity contribution in [1.29, 1.82) is 0 Å². The van der Waals surface area contributed by atoms with E-state index >= 15 is 0 Å². The van der Waals surface area contributed by atoms with Crippen LogP contribution in [0.4, 0.5) is 5.69 Å². The molecular weight excluding hydrogens is 272 g/mol. The van der Waals surface area contributed by atoms with Gasteiger partial charge in [0.05, 0.1) is 5.41 Å². The molecule has 114 valence electrons. The highest BCUT2D eigenvalue weighted by Gasteiger charge is 2.49. The Morgan fingerprint density at radius 3 is 3.00 bits per heavy atom. The van der Waals surface area contributed by atoms with Crippen molar-refractivity contribution in [3.63, 3.8) is 0 Å². The van der Waals surface area contributed by atoms with Crippen LogP contribution in [0, 0.1) is 0 Å². The Morgan fingerprint density at radius 1 is 1.18 bits per heavy atom. The fourth-order valence-electron chi connectivity index (χ4n) is 3.90. The first-order chi connectivity index (χ1) is 10.8. The average molecular weight is 294 g/mol. The molecule has 1 unspecified atom stereocenters. The third-order valence-electron chi connectivity index (χ3n) is 5.02. The van der Waals surface area contributed by atoms with Crippen molar-refractivity contribution in [2.45, 2.75) is 31.6 Å².